The minimum atomic E-state index is -4.10. The van der Waals surface area contributed by atoms with Crippen LogP contribution in [-0.2, 0) is 16.4 Å². The number of para-hydroxylation sites is 1. The molecule has 0 unspecified atom stereocenters. The number of nitriles is 1. The van der Waals surface area contributed by atoms with Gasteiger partial charge in [-0.25, -0.2) is 22.2 Å². The molecule has 31 heavy (non-hydrogen) atoms. The van der Waals surface area contributed by atoms with Gasteiger partial charge in [0.15, 0.2) is 4.90 Å². The molecule has 0 radical (unpaired) electrons. The van der Waals surface area contributed by atoms with E-state index in [2.05, 4.69) is 9.82 Å². The van der Waals surface area contributed by atoms with Crippen molar-refractivity contribution in [2.45, 2.75) is 17.7 Å². The number of halogens is 1. The largest absolute Gasteiger partial charge is 0.382 e. The number of benzene rings is 2. The Morgan fingerprint density at radius 2 is 1.90 bits per heavy atom. The molecule has 3 aromatic rings. The molecule has 0 saturated carbocycles. The Labute approximate surface area is 176 Å². The number of nitrogens with zero attached hydrogens (tertiary/aromatic N) is 4. The maximum Gasteiger partial charge on any atom is 0.289 e. The summed E-state index contributed by atoms with van der Waals surface area (Å²) in [4.78, 5) is 9.87. The Kier molecular flexibility index (Phi) is 6.28. The first-order valence-electron chi connectivity index (χ1n) is 9.01. The van der Waals surface area contributed by atoms with E-state index in [4.69, 9.17) is 5.73 Å². The SMILES string of the molecule is N#Cc1c(CCCNS(=O)(=O)c2ccccc2[N+](=O)[O-])nn(-c2ccc(F)cc2)c1N. The minimum absolute atomic E-state index is 0.0391. The van der Waals surface area contributed by atoms with Gasteiger partial charge in [-0.3, -0.25) is 10.1 Å². The third-order valence-electron chi connectivity index (χ3n) is 4.41. The number of aryl methyl sites for hydroxylation is 1. The van der Waals surface area contributed by atoms with Crippen molar-refractivity contribution < 1.29 is 17.7 Å². The monoisotopic (exact) mass is 444 g/mol. The fourth-order valence-electron chi connectivity index (χ4n) is 2.93. The molecule has 0 amide bonds. The van der Waals surface area contributed by atoms with Crippen molar-refractivity contribution in [3.63, 3.8) is 0 Å². The van der Waals surface area contributed by atoms with E-state index in [-0.39, 0.29) is 30.8 Å². The zero-order chi connectivity index (χ0) is 22.6. The maximum atomic E-state index is 13.1. The molecule has 0 aliphatic rings. The lowest BCUT2D eigenvalue weighted by atomic mass is 10.1. The number of nitrogen functional groups attached to an aromatic ring is 1. The van der Waals surface area contributed by atoms with E-state index in [1.54, 1.807) is 0 Å². The number of hydrogen-bond donors (Lipinski definition) is 2. The Morgan fingerprint density at radius 1 is 1.23 bits per heavy atom. The molecule has 0 saturated heterocycles. The molecule has 0 atom stereocenters. The number of nitro groups is 1. The van der Waals surface area contributed by atoms with Gasteiger partial charge in [0.25, 0.3) is 5.69 Å². The molecule has 2 aromatic carbocycles. The molecule has 160 valence electrons. The molecule has 1 aromatic heterocycles. The van der Waals surface area contributed by atoms with Crippen LogP contribution in [0, 0.1) is 27.3 Å². The Balaban J connectivity index is 1.71. The maximum absolute atomic E-state index is 13.1. The third-order valence-corrected chi connectivity index (χ3v) is 5.92. The van der Waals surface area contributed by atoms with Gasteiger partial charge in [0.2, 0.25) is 10.0 Å². The van der Waals surface area contributed by atoms with E-state index in [1.165, 1.54) is 41.1 Å². The average Bonchev–Trinajstić information content (AvgIpc) is 3.07. The van der Waals surface area contributed by atoms with Crippen molar-refractivity contribution in [1.29, 1.82) is 5.26 Å². The molecule has 10 nitrogen and oxygen atoms in total. The molecule has 0 spiro atoms. The number of hydrogen-bond acceptors (Lipinski definition) is 7. The van der Waals surface area contributed by atoms with Crippen LogP contribution >= 0.6 is 0 Å². The lowest BCUT2D eigenvalue weighted by molar-refractivity contribution is -0.387. The highest BCUT2D eigenvalue weighted by molar-refractivity contribution is 7.89. The van der Waals surface area contributed by atoms with Crippen LogP contribution in [0.15, 0.2) is 53.4 Å². The van der Waals surface area contributed by atoms with Crippen molar-refractivity contribution in [1.82, 2.24) is 14.5 Å². The molecule has 3 rings (SSSR count). The van der Waals surface area contributed by atoms with Gasteiger partial charge < -0.3 is 5.73 Å². The number of rotatable bonds is 8. The first-order chi connectivity index (χ1) is 14.7. The molecule has 0 aliphatic heterocycles. The van der Waals surface area contributed by atoms with Gasteiger partial charge in [-0.1, -0.05) is 12.1 Å². The standard InChI is InChI=1S/C19H17FN6O4S/c20-13-7-9-14(10-8-13)25-19(22)15(12-21)16(24-25)4-3-11-23-31(29,30)18-6-2-1-5-17(18)26(27)28/h1-2,5-10,23H,3-4,11,22H2. The quantitative estimate of drug-likeness (QED) is 0.306. The molecule has 0 bridgehead atoms. The Bertz CT molecular complexity index is 1270. The molecular weight excluding hydrogens is 427 g/mol. The molecule has 0 aliphatic carbocycles. The summed E-state index contributed by atoms with van der Waals surface area (Å²) >= 11 is 0. The smallest absolute Gasteiger partial charge is 0.289 e. The van der Waals surface area contributed by atoms with Crippen molar-refractivity contribution in [2.75, 3.05) is 12.3 Å². The summed E-state index contributed by atoms with van der Waals surface area (Å²) < 4.78 is 41.6. The Hall–Kier alpha value is -3.82. The van der Waals surface area contributed by atoms with Crippen LogP contribution in [0.4, 0.5) is 15.9 Å². The fraction of sp³-hybridized carbons (Fsp3) is 0.158. The number of nitrogens with one attached hydrogen (secondary N) is 1. The molecule has 3 N–H and O–H groups in total. The summed E-state index contributed by atoms with van der Waals surface area (Å²) in [6.45, 7) is -0.0391. The number of anilines is 1. The molecule has 1 heterocycles. The molecule has 0 fully saturated rings. The molecular formula is C19H17FN6O4S. The first-order valence-corrected chi connectivity index (χ1v) is 10.5. The van der Waals surface area contributed by atoms with Gasteiger partial charge in [-0.2, -0.15) is 10.4 Å². The van der Waals surface area contributed by atoms with Crippen molar-refractivity contribution >= 4 is 21.5 Å². The second-order valence-corrected chi connectivity index (χ2v) is 8.17. The van der Waals surface area contributed by atoms with Crippen LogP contribution in [0.5, 0.6) is 0 Å². The highest BCUT2D eigenvalue weighted by Crippen LogP contribution is 2.23. The second kappa shape index (κ2) is 8.90. The molecule has 12 heteroatoms. The van der Waals surface area contributed by atoms with E-state index in [0.29, 0.717) is 11.4 Å². The Morgan fingerprint density at radius 3 is 2.55 bits per heavy atom. The summed E-state index contributed by atoms with van der Waals surface area (Å²) in [5.74, 6) is -0.342. The minimum Gasteiger partial charge on any atom is -0.382 e. The summed E-state index contributed by atoms with van der Waals surface area (Å²) in [5, 5.41) is 24.8. The highest BCUT2D eigenvalue weighted by atomic mass is 32.2. The van der Waals surface area contributed by atoms with Gasteiger partial charge in [0, 0.05) is 12.6 Å². The van der Waals surface area contributed by atoms with E-state index in [1.807, 2.05) is 6.07 Å². The van der Waals surface area contributed by atoms with Crippen LogP contribution in [-0.4, -0.2) is 29.7 Å². The van der Waals surface area contributed by atoms with Crippen LogP contribution < -0.4 is 10.5 Å². The highest BCUT2D eigenvalue weighted by Gasteiger charge is 2.24. The van der Waals surface area contributed by atoms with E-state index in [9.17, 15) is 28.2 Å². The number of aromatic nitrogens is 2. The average molecular weight is 444 g/mol. The van der Waals surface area contributed by atoms with Gasteiger partial charge in [-0.05, 0) is 43.2 Å². The number of nitro benzene ring substituents is 1. The van der Waals surface area contributed by atoms with Gasteiger partial charge in [0.1, 0.15) is 23.3 Å². The topological polar surface area (TPSA) is 157 Å². The van der Waals surface area contributed by atoms with Gasteiger partial charge in [0.05, 0.1) is 16.3 Å². The third kappa shape index (κ3) is 4.68. The number of nitrogens with two attached hydrogens (primary N) is 1. The first kappa shape index (κ1) is 21.9. The summed E-state index contributed by atoms with van der Waals surface area (Å²) in [6, 6.07) is 12.4. The zero-order valence-corrected chi connectivity index (χ0v) is 16.8. The van der Waals surface area contributed by atoms with Gasteiger partial charge in [-0.15, -0.1) is 0 Å². The zero-order valence-electron chi connectivity index (χ0n) is 16.0. The van der Waals surface area contributed by atoms with Crippen molar-refractivity contribution in [2.24, 2.45) is 0 Å². The predicted molar refractivity (Wildman–Crippen MR) is 109 cm³/mol. The van der Waals surface area contributed by atoms with Crippen molar-refractivity contribution in [3.05, 3.63) is 75.7 Å². The summed E-state index contributed by atoms with van der Waals surface area (Å²) in [5.41, 5.74) is 6.44. The number of sulfonamides is 1. The summed E-state index contributed by atoms with van der Waals surface area (Å²) in [7, 11) is -4.10. The van der Waals surface area contributed by atoms with Crippen LogP contribution in [0.2, 0.25) is 0 Å². The van der Waals surface area contributed by atoms with Crippen LogP contribution in [0.1, 0.15) is 17.7 Å². The van der Waals surface area contributed by atoms with Crippen LogP contribution in [0.25, 0.3) is 5.69 Å². The van der Waals surface area contributed by atoms with E-state index < -0.39 is 31.3 Å². The van der Waals surface area contributed by atoms with Crippen LogP contribution in [0.3, 0.4) is 0 Å². The lowest BCUT2D eigenvalue weighted by Gasteiger charge is -2.07. The second-order valence-electron chi connectivity index (χ2n) is 6.43. The van der Waals surface area contributed by atoms with Gasteiger partial charge >= 0.3 is 0 Å². The van der Waals surface area contributed by atoms with E-state index >= 15 is 0 Å². The van der Waals surface area contributed by atoms with Crippen molar-refractivity contribution in [3.8, 4) is 11.8 Å². The summed E-state index contributed by atoms with van der Waals surface area (Å²) in [6.07, 6.45) is 0.481. The van der Waals surface area contributed by atoms with E-state index in [0.717, 1.165) is 12.1 Å². The fourth-order valence-corrected chi connectivity index (χ4v) is 4.17. The normalized spacial score (nSPS) is 11.2. The predicted octanol–water partition coefficient (Wildman–Crippen LogP) is 2.28. The lowest BCUT2D eigenvalue weighted by Crippen LogP contribution is -2.26.